The zero-order chi connectivity index (χ0) is 19.4. The Morgan fingerprint density at radius 3 is 2.46 bits per heavy atom. The second kappa shape index (κ2) is 8.15. The largest absolute Gasteiger partial charge is 0.508 e. The van der Waals surface area contributed by atoms with Crippen LogP contribution in [0, 0.1) is 0 Å². The highest BCUT2D eigenvalue weighted by Gasteiger charge is 2.31. The number of hydrogen-bond donors (Lipinski definition) is 4. The van der Waals surface area contributed by atoms with Gasteiger partial charge in [0.25, 0.3) is 0 Å². The molecule has 4 N–H and O–H groups in total. The van der Waals surface area contributed by atoms with E-state index in [2.05, 4.69) is 0 Å². The van der Waals surface area contributed by atoms with Crippen LogP contribution in [0.5, 0.6) is 17.2 Å². The fourth-order valence-electron chi connectivity index (χ4n) is 2.53. The molecular formula is C17H20O9. The monoisotopic (exact) mass is 368 g/mol. The molecule has 0 radical (unpaired) electrons. The molecule has 1 aromatic carbocycles. The molecule has 9 nitrogen and oxygen atoms in total. The lowest BCUT2D eigenvalue weighted by Gasteiger charge is -2.20. The number of aliphatic hydroxyl groups excluding tert-OH is 2. The number of cyclic esters (lactones) is 1. The summed E-state index contributed by atoms with van der Waals surface area (Å²) in [7, 11) is 0. The maximum atomic E-state index is 12.3. The quantitative estimate of drug-likeness (QED) is 0.368. The number of rotatable bonds is 0. The highest BCUT2D eigenvalue weighted by atomic mass is 16.5. The van der Waals surface area contributed by atoms with E-state index in [1.54, 1.807) is 6.92 Å². The van der Waals surface area contributed by atoms with Crippen LogP contribution in [0.2, 0.25) is 0 Å². The number of benzene rings is 1. The van der Waals surface area contributed by atoms with Crippen molar-refractivity contribution in [3.05, 3.63) is 17.7 Å². The highest BCUT2D eigenvalue weighted by molar-refractivity contribution is 6.39. The Balaban J connectivity index is 2.37. The lowest BCUT2D eigenvalue weighted by Crippen LogP contribution is -2.40. The van der Waals surface area contributed by atoms with Gasteiger partial charge in [-0.2, -0.15) is 0 Å². The summed E-state index contributed by atoms with van der Waals surface area (Å²) in [4.78, 5) is 36.0. The number of aliphatic hydroxyl groups is 2. The van der Waals surface area contributed by atoms with Crippen LogP contribution in [0.4, 0.5) is 0 Å². The number of carbonyl (C=O) groups is 3. The van der Waals surface area contributed by atoms with Gasteiger partial charge in [0, 0.05) is 12.1 Å². The van der Waals surface area contributed by atoms with Crippen molar-refractivity contribution < 1.29 is 44.3 Å². The van der Waals surface area contributed by atoms with Crippen molar-refractivity contribution in [3.63, 3.8) is 0 Å². The number of ether oxygens (including phenoxy) is 2. The molecule has 142 valence electrons. The number of esters is 1. The molecule has 1 heterocycles. The Kier molecular flexibility index (Phi) is 6.17. The first-order valence-corrected chi connectivity index (χ1v) is 8.03. The van der Waals surface area contributed by atoms with E-state index in [4.69, 9.17) is 9.47 Å². The summed E-state index contributed by atoms with van der Waals surface area (Å²) < 4.78 is 10.3. The van der Waals surface area contributed by atoms with Gasteiger partial charge < -0.3 is 29.9 Å². The molecule has 0 saturated heterocycles. The van der Waals surface area contributed by atoms with E-state index in [9.17, 15) is 34.8 Å². The summed E-state index contributed by atoms with van der Waals surface area (Å²) in [5, 5.41) is 39.1. The molecule has 1 unspecified atom stereocenters. The number of hydrogen-bond acceptors (Lipinski definition) is 9. The molecule has 2 rings (SSSR count). The van der Waals surface area contributed by atoms with Crippen molar-refractivity contribution >= 4 is 17.5 Å². The number of Topliss-reactive ketones (excluding diaryl/α,β-unsaturated/α-hetero) is 2. The zero-order valence-electron chi connectivity index (χ0n) is 14.0. The standard InChI is InChI=1S/C17H20O9/c1-8-3-2-4-10(19)15(22)16(23)12(21)7-25-13-6-9(18)5-11(20)14(13)17(24)26-8/h5-6,8,10,15,18-20,22H,2-4,7H2,1H3/t8-,10?,15+/m0/s1. The third-order valence-electron chi connectivity index (χ3n) is 3.96. The number of phenolic OH excluding ortho intramolecular Hbond substituents is 2. The summed E-state index contributed by atoms with van der Waals surface area (Å²) in [6.07, 6.45) is -3.25. The minimum atomic E-state index is -1.89. The van der Waals surface area contributed by atoms with E-state index in [0.29, 0.717) is 12.8 Å². The Bertz CT molecular complexity index is 712. The van der Waals surface area contributed by atoms with Crippen LogP contribution in [0.15, 0.2) is 12.1 Å². The maximum absolute atomic E-state index is 12.3. The fraction of sp³-hybridized carbons (Fsp3) is 0.471. The van der Waals surface area contributed by atoms with Crippen LogP contribution >= 0.6 is 0 Å². The average molecular weight is 368 g/mol. The summed E-state index contributed by atoms with van der Waals surface area (Å²) >= 11 is 0. The van der Waals surface area contributed by atoms with Gasteiger partial charge in [0.2, 0.25) is 11.6 Å². The molecule has 0 spiro atoms. The van der Waals surface area contributed by atoms with Crippen LogP contribution < -0.4 is 4.74 Å². The summed E-state index contributed by atoms with van der Waals surface area (Å²) in [6, 6.07) is 1.89. The fourth-order valence-corrected chi connectivity index (χ4v) is 2.53. The Hall–Kier alpha value is -2.65. The Labute approximate surface area is 148 Å². The summed E-state index contributed by atoms with van der Waals surface area (Å²) in [5.41, 5.74) is -0.396. The van der Waals surface area contributed by atoms with Crippen molar-refractivity contribution in [2.24, 2.45) is 0 Å². The summed E-state index contributed by atoms with van der Waals surface area (Å²) in [5.74, 6) is -4.69. The number of aromatic hydroxyl groups is 2. The normalized spacial score (nSPS) is 25.7. The van der Waals surface area contributed by atoms with Crippen molar-refractivity contribution in [1.29, 1.82) is 0 Å². The molecule has 0 amide bonds. The van der Waals surface area contributed by atoms with Crippen molar-refractivity contribution in [2.45, 2.75) is 44.5 Å². The van der Waals surface area contributed by atoms with Crippen LogP contribution in [0.1, 0.15) is 36.5 Å². The van der Waals surface area contributed by atoms with Crippen molar-refractivity contribution in [1.82, 2.24) is 0 Å². The van der Waals surface area contributed by atoms with Gasteiger partial charge in [0.15, 0.2) is 6.61 Å². The SMILES string of the molecule is C[C@H]1CCCC(O)[C@@H](O)C(=O)C(=O)COc2cc(O)cc(O)c2C(=O)O1. The molecule has 9 heteroatoms. The van der Waals surface area contributed by atoms with Gasteiger partial charge in [-0.3, -0.25) is 9.59 Å². The molecule has 1 aromatic rings. The van der Waals surface area contributed by atoms with E-state index in [1.165, 1.54) is 0 Å². The molecule has 1 aliphatic rings. The van der Waals surface area contributed by atoms with Gasteiger partial charge in [0.1, 0.15) is 28.9 Å². The van der Waals surface area contributed by atoms with Gasteiger partial charge in [0.05, 0.1) is 12.2 Å². The van der Waals surface area contributed by atoms with Gasteiger partial charge >= 0.3 is 5.97 Å². The number of ketones is 2. The number of fused-ring (bicyclic) bond motifs is 1. The minimum absolute atomic E-state index is 0.0264. The maximum Gasteiger partial charge on any atom is 0.346 e. The van der Waals surface area contributed by atoms with E-state index >= 15 is 0 Å². The molecular weight excluding hydrogens is 348 g/mol. The molecule has 0 aromatic heterocycles. The molecule has 1 aliphatic heterocycles. The van der Waals surface area contributed by atoms with E-state index in [-0.39, 0.29) is 12.2 Å². The van der Waals surface area contributed by atoms with Crippen molar-refractivity contribution in [3.8, 4) is 17.2 Å². The average Bonchev–Trinajstić information content (AvgIpc) is 2.56. The van der Waals surface area contributed by atoms with Crippen LogP contribution in [0.25, 0.3) is 0 Å². The van der Waals surface area contributed by atoms with E-state index in [1.807, 2.05) is 0 Å². The van der Waals surface area contributed by atoms with Gasteiger partial charge in [-0.15, -0.1) is 0 Å². The second-order valence-corrected chi connectivity index (χ2v) is 6.07. The predicted molar refractivity (Wildman–Crippen MR) is 86.0 cm³/mol. The first kappa shape index (κ1) is 19.7. The molecule has 26 heavy (non-hydrogen) atoms. The molecule has 3 atom stereocenters. The van der Waals surface area contributed by atoms with Crippen LogP contribution in [-0.4, -0.2) is 62.9 Å². The van der Waals surface area contributed by atoms with Gasteiger partial charge in [-0.1, -0.05) is 0 Å². The molecule has 0 fully saturated rings. The lowest BCUT2D eigenvalue weighted by atomic mass is 10.0. The van der Waals surface area contributed by atoms with Crippen LogP contribution in [0.3, 0.4) is 0 Å². The van der Waals surface area contributed by atoms with E-state index < -0.39 is 59.5 Å². The first-order valence-electron chi connectivity index (χ1n) is 8.03. The van der Waals surface area contributed by atoms with Gasteiger partial charge in [-0.25, -0.2) is 4.79 Å². The van der Waals surface area contributed by atoms with Crippen molar-refractivity contribution in [2.75, 3.05) is 6.61 Å². The second-order valence-electron chi connectivity index (χ2n) is 6.07. The lowest BCUT2D eigenvalue weighted by molar-refractivity contribution is -0.146. The zero-order valence-corrected chi connectivity index (χ0v) is 14.0. The number of carbonyl (C=O) groups excluding carboxylic acids is 3. The predicted octanol–water partition coefficient (Wildman–Crippen LogP) is 0.0658. The van der Waals surface area contributed by atoms with Crippen LogP contribution in [-0.2, 0) is 14.3 Å². The van der Waals surface area contributed by atoms with E-state index in [0.717, 1.165) is 12.1 Å². The smallest absolute Gasteiger partial charge is 0.346 e. The first-order chi connectivity index (χ1) is 12.2. The molecule has 0 saturated carbocycles. The van der Waals surface area contributed by atoms with Gasteiger partial charge in [-0.05, 0) is 26.2 Å². The Morgan fingerprint density at radius 2 is 1.77 bits per heavy atom. The highest BCUT2D eigenvalue weighted by Crippen LogP contribution is 2.34. The Morgan fingerprint density at radius 1 is 1.08 bits per heavy atom. The molecule has 0 aliphatic carbocycles. The minimum Gasteiger partial charge on any atom is -0.508 e. The summed E-state index contributed by atoms with van der Waals surface area (Å²) in [6.45, 7) is 0.737. The number of phenols is 2. The third-order valence-corrected chi connectivity index (χ3v) is 3.96. The third kappa shape index (κ3) is 4.50. The molecule has 0 bridgehead atoms. The topological polar surface area (TPSA) is 151 Å².